The topological polar surface area (TPSA) is 27.7 Å². The zero-order valence-corrected chi connectivity index (χ0v) is 13.6. The summed E-state index contributed by atoms with van der Waals surface area (Å²) in [5.74, 6) is 0.924. The van der Waals surface area contributed by atoms with Crippen molar-refractivity contribution in [3.05, 3.63) is 24.3 Å². The van der Waals surface area contributed by atoms with Crippen LogP contribution in [-0.2, 0) is 0 Å². The average molecular weight is 291 g/mol. The Kier molecular flexibility index (Phi) is 6.33. The fourth-order valence-corrected chi connectivity index (χ4v) is 2.83. The molecule has 4 heteroatoms. The van der Waals surface area contributed by atoms with Crippen LogP contribution in [0.3, 0.4) is 0 Å². The highest BCUT2D eigenvalue weighted by molar-refractivity contribution is 5.49. The van der Waals surface area contributed by atoms with E-state index in [2.05, 4.69) is 41.1 Å². The SMILES string of the molecule is CCCNCC(C)N1CCN(c2ccc(OC)cc2)CC1. The van der Waals surface area contributed by atoms with Gasteiger partial charge in [0.15, 0.2) is 0 Å². The number of piperazine rings is 1. The summed E-state index contributed by atoms with van der Waals surface area (Å²) in [5.41, 5.74) is 1.30. The predicted molar refractivity (Wildman–Crippen MR) is 89.4 cm³/mol. The minimum Gasteiger partial charge on any atom is -0.497 e. The summed E-state index contributed by atoms with van der Waals surface area (Å²) in [6.45, 7) is 11.2. The first-order chi connectivity index (χ1) is 10.2. The van der Waals surface area contributed by atoms with E-state index in [-0.39, 0.29) is 0 Å². The van der Waals surface area contributed by atoms with Crippen molar-refractivity contribution in [2.24, 2.45) is 0 Å². The molecule has 1 unspecified atom stereocenters. The Hall–Kier alpha value is -1.26. The first kappa shape index (κ1) is 16.1. The third-order valence-electron chi connectivity index (χ3n) is 4.24. The molecule has 1 aliphatic rings. The molecule has 1 aliphatic heterocycles. The smallest absolute Gasteiger partial charge is 0.119 e. The van der Waals surface area contributed by atoms with E-state index in [1.165, 1.54) is 12.1 Å². The number of benzene rings is 1. The number of hydrogen-bond acceptors (Lipinski definition) is 4. The van der Waals surface area contributed by atoms with Crippen LogP contribution in [-0.4, -0.2) is 57.3 Å². The van der Waals surface area contributed by atoms with Gasteiger partial charge in [-0.3, -0.25) is 4.90 Å². The highest BCUT2D eigenvalue weighted by atomic mass is 16.5. The van der Waals surface area contributed by atoms with Gasteiger partial charge in [0.1, 0.15) is 5.75 Å². The van der Waals surface area contributed by atoms with Crippen molar-refractivity contribution >= 4 is 5.69 Å². The molecule has 1 heterocycles. The lowest BCUT2D eigenvalue weighted by Gasteiger charge is -2.39. The first-order valence-corrected chi connectivity index (χ1v) is 8.08. The van der Waals surface area contributed by atoms with Crippen LogP contribution < -0.4 is 15.0 Å². The van der Waals surface area contributed by atoms with Gasteiger partial charge in [0.05, 0.1) is 7.11 Å². The zero-order valence-electron chi connectivity index (χ0n) is 13.6. The Bertz CT molecular complexity index is 399. The highest BCUT2D eigenvalue weighted by Crippen LogP contribution is 2.20. The number of ether oxygens (including phenoxy) is 1. The molecule has 1 fully saturated rings. The van der Waals surface area contributed by atoms with E-state index in [9.17, 15) is 0 Å². The fourth-order valence-electron chi connectivity index (χ4n) is 2.83. The molecule has 2 rings (SSSR count). The summed E-state index contributed by atoms with van der Waals surface area (Å²) in [4.78, 5) is 5.05. The maximum Gasteiger partial charge on any atom is 0.119 e. The molecular weight excluding hydrogens is 262 g/mol. The van der Waals surface area contributed by atoms with Crippen LogP contribution in [0, 0.1) is 0 Å². The van der Waals surface area contributed by atoms with Crippen molar-refractivity contribution in [1.29, 1.82) is 0 Å². The first-order valence-electron chi connectivity index (χ1n) is 8.08. The molecule has 0 aromatic heterocycles. The molecule has 1 aromatic rings. The lowest BCUT2D eigenvalue weighted by Crippen LogP contribution is -2.52. The van der Waals surface area contributed by atoms with Crippen molar-refractivity contribution in [3.8, 4) is 5.75 Å². The number of nitrogens with one attached hydrogen (secondary N) is 1. The molecule has 0 bridgehead atoms. The van der Waals surface area contributed by atoms with Gasteiger partial charge < -0.3 is 15.0 Å². The van der Waals surface area contributed by atoms with Gasteiger partial charge >= 0.3 is 0 Å². The summed E-state index contributed by atoms with van der Waals surface area (Å²) in [7, 11) is 1.71. The molecule has 1 aromatic carbocycles. The molecule has 21 heavy (non-hydrogen) atoms. The standard InChI is InChI=1S/C17H29N3O/c1-4-9-18-14-15(2)19-10-12-20(13-11-19)16-5-7-17(21-3)8-6-16/h5-8,15,18H,4,9-14H2,1-3H3. The van der Waals surface area contributed by atoms with E-state index < -0.39 is 0 Å². The monoisotopic (exact) mass is 291 g/mol. The van der Waals surface area contributed by atoms with Gasteiger partial charge in [0.25, 0.3) is 0 Å². The van der Waals surface area contributed by atoms with Crippen LogP contribution >= 0.6 is 0 Å². The second kappa shape index (κ2) is 8.25. The number of methoxy groups -OCH3 is 1. The highest BCUT2D eigenvalue weighted by Gasteiger charge is 2.20. The van der Waals surface area contributed by atoms with Gasteiger partial charge in [-0.2, -0.15) is 0 Å². The molecule has 118 valence electrons. The van der Waals surface area contributed by atoms with Gasteiger partial charge in [-0.05, 0) is 44.2 Å². The summed E-state index contributed by atoms with van der Waals surface area (Å²) >= 11 is 0. The third-order valence-corrected chi connectivity index (χ3v) is 4.24. The van der Waals surface area contributed by atoms with Gasteiger partial charge in [-0.1, -0.05) is 6.92 Å². The minimum atomic E-state index is 0.620. The Morgan fingerprint density at radius 3 is 2.38 bits per heavy atom. The van der Waals surface area contributed by atoms with Gasteiger partial charge in [-0.25, -0.2) is 0 Å². The van der Waals surface area contributed by atoms with Crippen LogP contribution in [0.15, 0.2) is 24.3 Å². The van der Waals surface area contributed by atoms with E-state index >= 15 is 0 Å². The fraction of sp³-hybridized carbons (Fsp3) is 0.647. The molecule has 0 aliphatic carbocycles. The molecule has 0 radical (unpaired) electrons. The second-order valence-electron chi connectivity index (χ2n) is 5.77. The Morgan fingerprint density at radius 2 is 1.81 bits per heavy atom. The second-order valence-corrected chi connectivity index (χ2v) is 5.77. The van der Waals surface area contributed by atoms with Crippen LogP contribution in [0.1, 0.15) is 20.3 Å². The largest absolute Gasteiger partial charge is 0.497 e. The molecule has 1 atom stereocenters. The number of rotatable bonds is 7. The maximum absolute atomic E-state index is 5.22. The van der Waals surface area contributed by atoms with Gasteiger partial charge in [0, 0.05) is 44.5 Å². The van der Waals surface area contributed by atoms with Crippen molar-refractivity contribution in [2.45, 2.75) is 26.3 Å². The van der Waals surface area contributed by atoms with Crippen LogP contribution in [0.4, 0.5) is 5.69 Å². The van der Waals surface area contributed by atoms with E-state index in [4.69, 9.17) is 4.74 Å². The zero-order chi connectivity index (χ0) is 15.1. The summed E-state index contributed by atoms with van der Waals surface area (Å²) < 4.78 is 5.22. The Balaban J connectivity index is 1.79. The van der Waals surface area contributed by atoms with Gasteiger partial charge in [0.2, 0.25) is 0 Å². The summed E-state index contributed by atoms with van der Waals surface area (Å²) in [5, 5.41) is 3.52. The Morgan fingerprint density at radius 1 is 1.14 bits per heavy atom. The average Bonchev–Trinajstić information content (AvgIpc) is 2.55. The maximum atomic E-state index is 5.22. The lowest BCUT2D eigenvalue weighted by molar-refractivity contribution is 0.193. The molecule has 0 saturated carbocycles. The minimum absolute atomic E-state index is 0.620. The quantitative estimate of drug-likeness (QED) is 0.780. The molecule has 4 nitrogen and oxygen atoms in total. The summed E-state index contributed by atoms with van der Waals surface area (Å²) in [6, 6.07) is 9.01. The molecule has 0 spiro atoms. The van der Waals surface area contributed by atoms with E-state index in [1.54, 1.807) is 7.11 Å². The van der Waals surface area contributed by atoms with Gasteiger partial charge in [-0.15, -0.1) is 0 Å². The predicted octanol–water partition coefficient (Wildman–Crippen LogP) is 2.21. The molecule has 1 N–H and O–H groups in total. The lowest BCUT2D eigenvalue weighted by atomic mass is 10.2. The normalized spacial score (nSPS) is 17.8. The van der Waals surface area contributed by atoms with Crippen LogP contribution in [0.5, 0.6) is 5.75 Å². The number of nitrogens with zero attached hydrogens (tertiary/aromatic N) is 2. The van der Waals surface area contributed by atoms with Crippen molar-refractivity contribution in [2.75, 3.05) is 51.3 Å². The third kappa shape index (κ3) is 4.61. The molecule has 0 amide bonds. The Labute approximate surface area is 129 Å². The molecular formula is C17H29N3O. The van der Waals surface area contributed by atoms with E-state index in [0.717, 1.165) is 45.0 Å². The van der Waals surface area contributed by atoms with Crippen LogP contribution in [0.2, 0.25) is 0 Å². The number of hydrogen-bond donors (Lipinski definition) is 1. The van der Waals surface area contributed by atoms with Crippen LogP contribution in [0.25, 0.3) is 0 Å². The van der Waals surface area contributed by atoms with Crippen molar-refractivity contribution in [1.82, 2.24) is 10.2 Å². The molecule has 1 saturated heterocycles. The number of anilines is 1. The van der Waals surface area contributed by atoms with E-state index in [1.807, 2.05) is 12.1 Å². The summed E-state index contributed by atoms with van der Waals surface area (Å²) in [6.07, 6.45) is 1.21. The van der Waals surface area contributed by atoms with Crippen molar-refractivity contribution in [3.63, 3.8) is 0 Å². The van der Waals surface area contributed by atoms with E-state index in [0.29, 0.717) is 6.04 Å². The van der Waals surface area contributed by atoms with Crippen molar-refractivity contribution < 1.29 is 4.74 Å².